The maximum atomic E-state index is 13.3. The highest BCUT2D eigenvalue weighted by Gasteiger charge is 2.84. The lowest BCUT2D eigenvalue weighted by molar-refractivity contribution is -0.343. The van der Waals surface area contributed by atoms with E-state index in [1.165, 1.54) is 57.6 Å². The predicted molar refractivity (Wildman–Crippen MR) is 136 cm³/mol. The molecule has 8 atom stereocenters. The van der Waals surface area contributed by atoms with Gasteiger partial charge in [-0.1, -0.05) is 0 Å². The van der Waals surface area contributed by atoms with Crippen LogP contribution < -0.4 is 0 Å². The zero-order valence-electron chi connectivity index (χ0n) is 23.7. The van der Waals surface area contributed by atoms with Crippen molar-refractivity contribution in [2.75, 3.05) is 0 Å². The van der Waals surface area contributed by atoms with Gasteiger partial charge in [-0.15, -0.1) is 0 Å². The number of fused-ring (bicyclic) bond motifs is 1. The van der Waals surface area contributed by atoms with Crippen molar-refractivity contribution in [1.29, 1.82) is 0 Å². The number of carbonyl (C=O) groups is 4. The average molecular weight is 575 g/mol. The van der Waals surface area contributed by atoms with E-state index in [2.05, 4.69) is 0 Å². The molecule has 2 aromatic heterocycles. The van der Waals surface area contributed by atoms with E-state index in [9.17, 15) is 24.3 Å². The lowest BCUT2D eigenvalue weighted by atomic mass is 9.47. The van der Waals surface area contributed by atoms with Gasteiger partial charge >= 0.3 is 23.9 Å². The molecule has 2 bridgehead atoms. The van der Waals surface area contributed by atoms with Crippen LogP contribution in [0.3, 0.4) is 0 Å². The number of rotatable bonds is 6. The highest BCUT2D eigenvalue weighted by atomic mass is 16.6. The van der Waals surface area contributed by atoms with Crippen LogP contribution in [-0.2, 0) is 33.3 Å². The minimum atomic E-state index is -1.87. The third-order valence-electron chi connectivity index (χ3n) is 8.89. The molecule has 3 fully saturated rings. The summed E-state index contributed by atoms with van der Waals surface area (Å²) in [4.78, 5) is 51.2. The maximum Gasteiger partial charge on any atom is 0.374 e. The van der Waals surface area contributed by atoms with E-state index >= 15 is 0 Å². The molecule has 41 heavy (non-hydrogen) atoms. The molecule has 222 valence electrons. The number of hydrogen-bond acceptors (Lipinski definition) is 12. The second-order valence-electron chi connectivity index (χ2n) is 11.9. The molecule has 1 N–H and O–H groups in total. The summed E-state index contributed by atoms with van der Waals surface area (Å²) in [5.74, 6) is -3.69. The summed E-state index contributed by atoms with van der Waals surface area (Å²) in [6.07, 6.45) is -2.15. The summed E-state index contributed by atoms with van der Waals surface area (Å²) in [7, 11) is 0. The Balaban J connectivity index is 1.71. The van der Waals surface area contributed by atoms with Gasteiger partial charge in [0, 0.05) is 26.2 Å². The number of esters is 4. The third-order valence-corrected chi connectivity index (χ3v) is 8.89. The van der Waals surface area contributed by atoms with Gasteiger partial charge in [0.05, 0.1) is 29.1 Å². The van der Waals surface area contributed by atoms with Crippen LogP contribution in [0.2, 0.25) is 0 Å². The lowest BCUT2D eigenvalue weighted by Gasteiger charge is -2.65. The van der Waals surface area contributed by atoms with Gasteiger partial charge in [-0.3, -0.25) is 9.59 Å². The van der Waals surface area contributed by atoms with Gasteiger partial charge in [-0.25, -0.2) is 9.59 Å². The number of carbonyl (C=O) groups excluding carboxylic acids is 4. The highest BCUT2D eigenvalue weighted by Crippen LogP contribution is 2.69. The van der Waals surface area contributed by atoms with Crippen molar-refractivity contribution >= 4 is 23.9 Å². The lowest BCUT2D eigenvalue weighted by Crippen LogP contribution is -2.81. The molecule has 0 aromatic carbocycles. The standard InChI is InChI=1S/C29H34O12/c1-15(30)37-20-14-27(5,34)29-22(40-25(33)19-10-8-12-36-19)17(26(3,4)41-29)13-21(28(29,6)23(20)38-16(2)31)39-24(32)18-9-7-11-35-18/h7-12,17,20-23,34H,13-14H2,1-6H3/t17-,20+,21+,22+,23+,27+,28-,29+/m1/s1. The second-order valence-corrected chi connectivity index (χ2v) is 11.9. The van der Waals surface area contributed by atoms with Crippen molar-refractivity contribution in [1.82, 2.24) is 0 Å². The Morgan fingerprint density at radius 3 is 1.90 bits per heavy atom. The van der Waals surface area contributed by atoms with Gasteiger partial charge in [0.2, 0.25) is 11.5 Å². The van der Waals surface area contributed by atoms with E-state index < -0.39 is 76.4 Å². The summed E-state index contributed by atoms with van der Waals surface area (Å²) < 4.78 is 40.8. The maximum absolute atomic E-state index is 13.3. The van der Waals surface area contributed by atoms with E-state index in [-0.39, 0.29) is 24.4 Å². The molecule has 3 aliphatic rings. The van der Waals surface area contributed by atoms with Gasteiger partial charge in [-0.05, 0) is 58.4 Å². The number of aliphatic hydroxyl groups is 1. The first-order valence-electron chi connectivity index (χ1n) is 13.4. The topological polar surface area (TPSA) is 161 Å². The summed E-state index contributed by atoms with van der Waals surface area (Å²) >= 11 is 0. The van der Waals surface area contributed by atoms with E-state index in [4.69, 9.17) is 32.5 Å². The molecular formula is C29H34O12. The van der Waals surface area contributed by atoms with Crippen LogP contribution >= 0.6 is 0 Å². The number of hydrogen-bond donors (Lipinski definition) is 1. The third kappa shape index (κ3) is 4.35. The van der Waals surface area contributed by atoms with Crippen LogP contribution in [0.5, 0.6) is 0 Å². The first kappa shape index (κ1) is 28.9. The smallest absolute Gasteiger partial charge is 0.374 e. The number of ether oxygens (including phenoxy) is 5. The van der Waals surface area contributed by atoms with Crippen LogP contribution in [-0.4, -0.2) is 70.2 Å². The predicted octanol–water partition coefficient (Wildman–Crippen LogP) is 3.22. The molecule has 12 heteroatoms. The minimum Gasteiger partial charge on any atom is -0.458 e. The summed E-state index contributed by atoms with van der Waals surface area (Å²) in [6, 6.07) is 5.95. The first-order valence-corrected chi connectivity index (χ1v) is 13.4. The number of furan rings is 2. The monoisotopic (exact) mass is 574 g/mol. The molecule has 2 aliphatic carbocycles. The Kier molecular flexibility index (Phi) is 6.85. The SMILES string of the molecule is CC(=O)O[C@H]1C[C@](C)(O)[C@]23OC(C)(C)[C@H](C[C@H](OC(=O)c4ccco4)[C@]2(C)[C@H]1OC(C)=O)[C@@H]3OC(=O)c1ccco1. The normalized spacial score (nSPS) is 37.0. The molecule has 1 saturated heterocycles. The van der Waals surface area contributed by atoms with Crippen molar-refractivity contribution in [3.8, 4) is 0 Å². The molecule has 2 aromatic rings. The van der Waals surface area contributed by atoms with Crippen molar-refractivity contribution in [3.63, 3.8) is 0 Å². The Hall–Kier alpha value is -3.64. The van der Waals surface area contributed by atoms with Crippen molar-refractivity contribution < 1.29 is 56.8 Å². The highest BCUT2D eigenvalue weighted by molar-refractivity contribution is 5.87. The minimum absolute atomic E-state index is 0.0588. The van der Waals surface area contributed by atoms with Crippen LogP contribution in [0.1, 0.15) is 75.5 Å². The molecule has 0 unspecified atom stereocenters. The van der Waals surface area contributed by atoms with Crippen molar-refractivity contribution in [3.05, 3.63) is 48.3 Å². The fraction of sp³-hybridized carbons (Fsp3) is 0.586. The zero-order valence-corrected chi connectivity index (χ0v) is 23.7. The summed E-state index contributed by atoms with van der Waals surface area (Å²) in [5.41, 5.74) is -6.34. The van der Waals surface area contributed by atoms with E-state index in [1.54, 1.807) is 20.8 Å². The van der Waals surface area contributed by atoms with Crippen LogP contribution in [0.4, 0.5) is 0 Å². The molecular weight excluding hydrogens is 540 g/mol. The van der Waals surface area contributed by atoms with Crippen LogP contribution in [0.15, 0.2) is 45.6 Å². The summed E-state index contributed by atoms with van der Waals surface area (Å²) in [5, 5.41) is 12.3. The van der Waals surface area contributed by atoms with Gasteiger partial charge in [0.15, 0.2) is 6.10 Å². The largest absolute Gasteiger partial charge is 0.458 e. The van der Waals surface area contributed by atoms with Gasteiger partial charge in [0.25, 0.3) is 0 Å². The van der Waals surface area contributed by atoms with E-state index in [1.807, 2.05) is 0 Å². The van der Waals surface area contributed by atoms with Gasteiger partial charge in [0.1, 0.15) is 23.9 Å². The van der Waals surface area contributed by atoms with Gasteiger partial charge < -0.3 is 37.6 Å². The van der Waals surface area contributed by atoms with Crippen LogP contribution in [0, 0.1) is 11.3 Å². The van der Waals surface area contributed by atoms with E-state index in [0.29, 0.717) is 0 Å². The molecule has 2 saturated carbocycles. The zero-order chi connectivity index (χ0) is 30.0. The second kappa shape index (κ2) is 9.73. The Morgan fingerprint density at radius 2 is 1.39 bits per heavy atom. The molecule has 1 spiro atoms. The van der Waals surface area contributed by atoms with Gasteiger partial charge in [-0.2, -0.15) is 0 Å². The quantitative estimate of drug-likeness (QED) is 0.397. The summed E-state index contributed by atoms with van der Waals surface area (Å²) in [6.45, 7) is 9.06. The molecule has 1 aliphatic heterocycles. The molecule has 3 heterocycles. The fourth-order valence-corrected chi connectivity index (χ4v) is 7.34. The Bertz CT molecular complexity index is 1330. The molecule has 0 radical (unpaired) electrons. The molecule has 5 rings (SSSR count). The Labute approximate surface area is 236 Å². The first-order chi connectivity index (χ1) is 19.1. The fourth-order valence-electron chi connectivity index (χ4n) is 7.34. The Morgan fingerprint density at radius 1 is 0.829 bits per heavy atom. The van der Waals surface area contributed by atoms with Crippen molar-refractivity contribution in [2.45, 2.75) is 95.6 Å². The molecule has 0 amide bonds. The van der Waals surface area contributed by atoms with Crippen LogP contribution in [0.25, 0.3) is 0 Å². The van der Waals surface area contributed by atoms with Crippen molar-refractivity contribution in [2.24, 2.45) is 11.3 Å². The average Bonchev–Trinajstić information content (AvgIpc) is 3.61. The van der Waals surface area contributed by atoms with E-state index in [0.717, 1.165) is 0 Å². The molecule has 12 nitrogen and oxygen atoms in total.